The monoisotopic (exact) mass is 419 g/mol. The molecule has 2 aromatic rings. The average Bonchev–Trinajstić information content (AvgIpc) is 3.23. The Bertz CT molecular complexity index is 957. The van der Waals surface area contributed by atoms with Crippen LogP contribution in [0.5, 0.6) is 0 Å². The predicted molar refractivity (Wildman–Crippen MR) is 110 cm³/mol. The molecular weight excluding hydrogens is 393 g/mol. The quantitative estimate of drug-likeness (QED) is 0.749. The molecular formula is C21H26FN3O3S. The number of nitrogens with one attached hydrogen (secondary N) is 1. The molecule has 1 amide bonds. The molecule has 156 valence electrons. The molecule has 3 rings (SSSR count). The standard InChI is InChI=1S/C21H26FN3O3S/c1-16(24(2)15-17-6-5-7-18(22)14-17)21(26)23-19-8-10-20(11-9-19)29(27,28)25-12-3-4-13-25/h5-11,14,16H,3-4,12-13,15H2,1-2H3,(H,23,26)/t16-/m1/s1. The van der Waals surface area contributed by atoms with E-state index in [1.54, 1.807) is 32.2 Å². The van der Waals surface area contributed by atoms with Crippen molar-refractivity contribution < 1.29 is 17.6 Å². The van der Waals surface area contributed by atoms with Crippen molar-refractivity contribution in [3.63, 3.8) is 0 Å². The topological polar surface area (TPSA) is 69.7 Å². The molecule has 0 aliphatic carbocycles. The lowest BCUT2D eigenvalue weighted by Gasteiger charge is -2.24. The van der Waals surface area contributed by atoms with Crippen LogP contribution in [0.4, 0.5) is 10.1 Å². The van der Waals surface area contributed by atoms with Crippen LogP contribution in [0.1, 0.15) is 25.3 Å². The molecule has 2 aromatic carbocycles. The van der Waals surface area contributed by atoms with E-state index in [2.05, 4.69) is 5.32 Å². The Kier molecular flexibility index (Phi) is 6.66. The number of halogens is 1. The van der Waals surface area contributed by atoms with E-state index in [0.717, 1.165) is 18.4 Å². The number of sulfonamides is 1. The van der Waals surface area contributed by atoms with E-state index in [1.165, 1.54) is 28.6 Å². The van der Waals surface area contributed by atoms with Crippen molar-refractivity contribution in [2.75, 3.05) is 25.5 Å². The summed E-state index contributed by atoms with van der Waals surface area (Å²) in [6, 6.07) is 12.1. The molecule has 1 heterocycles. The zero-order valence-corrected chi connectivity index (χ0v) is 17.5. The minimum Gasteiger partial charge on any atom is -0.325 e. The van der Waals surface area contributed by atoms with Gasteiger partial charge in [-0.15, -0.1) is 0 Å². The summed E-state index contributed by atoms with van der Waals surface area (Å²) in [4.78, 5) is 14.6. The largest absolute Gasteiger partial charge is 0.325 e. The molecule has 1 aliphatic heterocycles. The number of likely N-dealkylation sites (N-methyl/N-ethyl adjacent to an activating group) is 1. The molecule has 0 radical (unpaired) electrons. The fourth-order valence-electron chi connectivity index (χ4n) is 3.29. The summed E-state index contributed by atoms with van der Waals surface area (Å²) in [5.41, 5.74) is 1.31. The highest BCUT2D eigenvalue weighted by molar-refractivity contribution is 7.89. The minimum absolute atomic E-state index is 0.223. The van der Waals surface area contributed by atoms with Gasteiger partial charge in [0.05, 0.1) is 10.9 Å². The highest BCUT2D eigenvalue weighted by Crippen LogP contribution is 2.22. The summed E-state index contributed by atoms with van der Waals surface area (Å²) in [5.74, 6) is -0.531. The molecule has 1 N–H and O–H groups in total. The van der Waals surface area contributed by atoms with Crippen LogP contribution in [0.2, 0.25) is 0 Å². The lowest BCUT2D eigenvalue weighted by Crippen LogP contribution is -2.39. The summed E-state index contributed by atoms with van der Waals surface area (Å²) in [7, 11) is -1.68. The third kappa shape index (κ3) is 5.20. The number of hydrogen-bond acceptors (Lipinski definition) is 4. The molecule has 0 unspecified atom stereocenters. The number of hydrogen-bond donors (Lipinski definition) is 1. The summed E-state index contributed by atoms with van der Waals surface area (Å²) in [6.45, 7) is 3.30. The van der Waals surface area contributed by atoms with Crippen molar-refractivity contribution in [2.45, 2.75) is 37.2 Å². The van der Waals surface area contributed by atoms with Crippen LogP contribution in [-0.2, 0) is 21.4 Å². The van der Waals surface area contributed by atoms with Gasteiger partial charge >= 0.3 is 0 Å². The number of rotatable bonds is 7. The lowest BCUT2D eigenvalue weighted by atomic mass is 10.2. The Balaban J connectivity index is 1.61. The van der Waals surface area contributed by atoms with Crippen LogP contribution < -0.4 is 5.32 Å². The lowest BCUT2D eigenvalue weighted by molar-refractivity contribution is -0.120. The van der Waals surface area contributed by atoms with Gasteiger partial charge in [-0.25, -0.2) is 12.8 Å². The van der Waals surface area contributed by atoms with Gasteiger partial charge in [-0.3, -0.25) is 9.69 Å². The number of carbonyl (C=O) groups is 1. The molecule has 0 aromatic heterocycles. The van der Waals surface area contributed by atoms with Crippen LogP contribution in [0.3, 0.4) is 0 Å². The minimum atomic E-state index is -3.47. The van der Waals surface area contributed by atoms with Gasteiger partial charge in [-0.05, 0) is 68.8 Å². The fourth-order valence-corrected chi connectivity index (χ4v) is 4.81. The molecule has 1 saturated heterocycles. The van der Waals surface area contributed by atoms with Gasteiger partial charge in [-0.1, -0.05) is 12.1 Å². The smallest absolute Gasteiger partial charge is 0.243 e. The van der Waals surface area contributed by atoms with Crippen LogP contribution in [0, 0.1) is 5.82 Å². The normalized spacial score (nSPS) is 16.1. The van der Waals surface area contributed by atoms with Crippen molar-refractivity contribution in [3.8, 4) is 0 Å². The maximum Gasteiger partial charge on any atom is 0.243 e. The Labute approximate surface area is 171 Å². The SMILES string of the molecule is C[C@H](C(=O)Nc1ccc(S(=O)(=O)N2CCCC2)cc1)N(C)Cc1cccc(F)c1. The third-order valence-corrected chi connectivity index (χ3v) is 7.10. The molecule has 0 saturated carbocycles. The maximum atomic E-state index is 13.3. The van der Waals surface area contributed by atoms with E-state index in [9.17, 15) is 17.6 Å². The number of carbonyl (C=O) groups excluding carboxylic acids is 1. The van der Waals surface area contributed by atoms with E-state index >= 15 is 0 Å². The first-order valence-electron chi connectivity index (χ1n) is 9.63. The van der Waals surface area contributed by atoms with Gasteiger partial charge in [0.25, 0.3) is 0 Å². The second-order valence-corrected chi connectivity index (χ2v) is 9.28. The Hall–Kier alpha value is -2.29. The van der Waals surface area contributed by atoms with Gasteiger partial charge in [0.2, 0.25) is 15.9 Å². The Morgan fingerprint density at radius 3 is 2.45 bits per heavy atom. The molecule has 1 fully saturated rings. The molecule has 0 spiro atoms. The van der Waals surface area contributed by atoms with Gasteiger partial charge in [0.15, 0.2) is 0 Å². The molecule has 1 atom stereocenters. The van der Waals surface area contributed by atoms with Gasteiger partial charge in [0.1, 0.15) is 5.82 Å². The molecule has 8 heteroatoms. The summed E-state index contributed by atoms with van der Waals surface area (Å²) in [6.07, 6.45) is 1.77. The van der Waals surface area contributed by atoms with Crippen LogP contribution >= 0.6 is 0 Å². The first kappa shape index (κ1) is 21.4. The van der Waals surface area contributed by atoms with E-state index in [1.807, 2.05) is 11.0 Å². The van der Waals surface area contributed by atoms with Gasteiger partial charge < -0.3 is 5.32 Å². The van der Waals surface area contributed by atoms with E-state index < -0.39 is 16.1 Å². The maximum absolute atomic E-state index is 13.3. The summed E-state index contributed by atoms with van der Waals surface area (Å²) in [5, 5.41) is 2.80. The zero-order valence-electron chi connectivity index (χ0n) is 16.6. The first-order valence-corrected chi connectivity index (χ1v) is 11.1. The molecule has 29 heavy (non-hydrogen) atoms. The number of anilines is 1. The highest BCUT2D eigenvalue weighted by atomic mass is 32.2. The van der Waals surface area contributed by atoms with E-state index in [0.29, 0.717) is 25.3 Å². The first-order chi connectivity index (χ1) is 13.8. The number of amides is 1. The number of benzene rings is 2. The van der Waals surface area contributed by atoms with Crippen molar-refractivity contribution in [1.82, 2.24) is 9.21 Å². The van der Waals surface area contributed by atoms with E-state index in [4.69, 9.17) is 0 Å². The number of nitrogens with zero attached hydrogens (tertiary/aromatic N) is 2. The fraction of sp³-hybridized carbons (Fsp3) is 0.381. The third-order valence-electron chi connectivity index (χ3n) is 5.19. The van der Waals surface area contributed by atoms with Gasteiger partial charge in [-0.2, -0.15) is 4.31 Å². The van der Waals surface area contributed by atoms with Crippen molar-refractivity contribution >= 4 is 21.6 Å². The summed E-state index contributed by atoms with van der Waals surface area (Å²) >= 11 is 0. The van der Waals surface area contributed by atoms with Crippen LogP contribution in [-0.4, -0.2) is 49.7 Å². The predicted octanol–water partition coefficient (Wildman–Crippen LogP) is 3.07. The molecule has 0 bridgehead atoms. The van der Waals surface area contributed by atoms with Crippen LogP contribution in [0.15, 0.2) is 53.4 Å². The second kappa shape index (κ2) is 9.02. The second-order valence-electron chi connectivity index (χ2n) is 7.35. The van der Waals surface area contributed by atoms with E-state index in [-0.39, 0.29) is 16.6 Å². The van der Waals surface area contributed by atoms with Crippen molar-refractivity contribution in [2.24, 2.45) is 0 Å². The molecule has 6 nitrogen and oxygen atoms in total. The van der Waals surface area contributed by atoms with Crippen LogP contribution in [0.25, 0.3) is 0 Å². The van der Waals surface area contributed by atoms with Gasteiger partial charge in [0, 0.05) is 25.3 Å². The summed E-state index contributed by atoms with van der Waals surface area (Å²) < 4.78 is 40.0. The average molecular weight is 420 g/mol. The Morgan fingerprint density at radius 2 is 1.83 bits per heavy atom. The van der Waals surface area contributed by atoms with Crippen molar-refractivity contribution in [3.05, 3.63) is 59.9 Å². The zero-order chi connectivity index (χ0) is 21.0. The highest BCUT2D eigenvalue weighted by Gasteiger charge is 2.27. The Morgan fingerprint density at radius 1 is 1.17 bits per heavy atom. The molecule has 1 aliphatic rings. The van der Waals surface area contributed by atoms with Crippen molar-refractivity contribution in [1.29, 1.82) is 0 Å².